The number of pyridine rings is 1. The highest BCUT2D eigenvalue weighted by Gasteiger charge is 2.51. The summed E-state index contributed by atoms with van der Waals surface area (Å²) in [5.41, 5.74) is 2.00. The van der Waals surface area contributed by atoms with Gasteiger partial charge in [0.2, 0.25) is 0 Å². The number of hydrogen-bond acceptors (Lipinski definition) is 7. The normalized spacial score (nSPS) is 18.9. The van der Waals surface area contributed by atoms with Crippen LogP contribution in [0.3, 0.4) is 0 Å². The Morgan fingerprint density at radius 1 is 1.29 bits per heavy atom. The summed E-state index contributed by atoms with van der Waals surface area (Å²) in [6.07, 6.45) is -1.98. The number of alkyl halides is 3. The van der Waals surface area contributed by atoms with Gasteiger partial charge in [-0.2, -0.15) is 13.2 Å². The quantitative estimate of drug-likeness (QED) is 0.459. The number of nitrogens with zero attached hydrogens (tertiary/aromatic N) is 3. The topological polar surface area (TPSA) is 88.0 Å². The number of likely N-dealkylation sites (N-methyl/N-ethyl adjacent to an activating group) is 1. The van der Waals surface area contributed by atoms with E-state index in [1.54, 1.807) is 18.3 Å². The molecule has 2 aliphatic rings. The van der Waals surface area contributed by atoms with E-state index in [-0.39, 0.29) is 34.4 Å². The molecule has 0 saturated carbocycles. The summed E-state index contributed by atoms with van der Waals surface area (Å²) in [5, 5.41) is 6.61. The maximum Gasteiger partial charge on any atom is 0.394 e. The fraction of sp³-hybridized carbons (Fsp3) is 0.423. The smallest absolute Gasteiger partial charge is 0.394 e. The van der Waals surface area contributed by atoms with Gasteiger partial charge < -0.3 is 24.7 Å². The Morgan fingerprint density at radius 3 is 2.66 bits per heavy atom. The number of methoxy groups -OCH3 is 1. The predicted molar refractivity (Wildman–Crippen MR) is 137 cm³/mol. The standard InChI is InChI=1S/C26H28F3N5O3S/c1-33-15-25(16-33)13-21(32-25)18-6-5-11-34-22(14-26(27,28)29)19(31-24(18)34)7-4-10-30-20-9-8-17(38(3,35)36)12-23(20)37-2/h5-6,8-9,11-12,21,30,32H,10,13-16H2,1-3H3/t21-/m1/s1. The summed E-state index contributed by atoms with van der Waals surface area (Å²) >= 11 is 0. The molecule has 0 amide bonds. The van der Waals surface area contributed by atoms with Crippen LogP contribution in [0, 0.1) is 11.8 Å². The maximum absolute atomic E-state index is 13.5. The lowest BCUT2D eigenvalue weighted by Gasteiger charge is -2.59. The second-order valence-corrected chi connectivity index (χ2v) is 12.0. The molecule has 0 aliphatic carbocycles. The first kappa shape index (κ1) is 26.3. The van der Waals surface area contributed by atoms with Gasteiger partial charge in [-0.05, 0) is 37.6 Å². The zero-order valence-electron chi connectivity index (χ0n) is 21.2. The van der Waals surface area contributed by atoms with Crippen LogP contribution in [0.5, 0.6) is 5.75 Å². The minimum Gasteiger partial charge on any atom is -0.495 e. The van der Waals surface area contributed by atoms with Crippen LogP contribution >= 0.6 is 0 Å². The van der Waals surface area contributed by atoms with Gasteiger partial charge in [-0.25, -0.2) is 13.4 Å². The van der Waals surface area contributed by atoms with Crippen LogP contribution in [0.2, 0.25) is 0 Å². The van der Waals surface area contributed by atoms with Crippen molar-refractivity contribution in [3.05, 3.63) is 53.5 Å². The molecule has 12 heteroatoms. The van der Waals surface area contributed by atoms with E-state index in [1.807, 2.05) is 6.07 Å². The van der Waals surface area contributed by atoms with E-state index in [0.717, 1.165) is 31.3 Å². The molecule has 38 heavy (non-hydrogen) atoms. The minimum atomic E-state index is -4.43. The van der Waals surface area contributed by atoms with E-state index in [0.29, 0.717) is 17.1 Å². The number of aromatic nitrogens is 2. The molecule has 0 unspecified atom stereocenters. The molecule has 4 heterocycles. The zero-order valence-corrected chi connectivity index (χ0v) is 22.0. The third-order valence-corrected chi connectivity index (χ3v) is 8.03. The molecule has 1 atom stereocenters. The Kier molecular flexibility index (Phi) is 6.57. The molecule has 3 aromatic rings. The number of ether oxygens (including phenoxy) is 1. The van der Waals surface area contributed by atoms with Crippen LogP contribution in [0.15, 0.2) is 41.4 Å². The van der Waals surface area contributed by atoms with Gasteiger partial charge in [0.05, 0.1) is 36.4 Å². The number of likely N-dealkylation sites (tertiary alicyclic amines) is 1. The molecule has 1 aromatic carbocycles. The van der Waals surface area contributed by atoms with Crippen LogP contribution in [-0.2, 0) is 16.3 Å². The number of halogens is 3. The van der Waals surface area contributed by atoms with Gasteiger partial charge in [0.25, 0.3) is 0 Å². The molecule has 2 aromatic heterocycles. The largest absolute Gasteiger partial charge is 0.495 e. The number of benzene rings is 1. The second-order valence-electron chi connectivity index (χ2n) is 10.00. The van der Waals surface area contributed by atoms with Gasteiger partial charge in [-0.3, -0.25) is 0 Å². The first-order valence-electron chi connectivity index (χ1n) is 12.0. The van der Waals surface area contributed by atoms with Crippen LogP contribution in [0.4, 0.5) is 18.9 Å². The van der Waals surface area contributed by atoms with Crippen molar-refractivity contribution in [2.24, 2.45) is 0 Å². The third kappa shape index (κ3) is 5.18. The molecule has 1 spiro atoms. The second kappa shape index (κ2) is 9.48. The monoisotopic (exact) mass is 547 g/mol. The van der Waals surface area contributed by atoms with Crippen LogP contribution in [0.25, 0.3) is 5.65 Å². The van der Waals surface area contributed by atoms with Gasteiger partial charge >= 0.3 is 6.18 Å². The number of sulfone groups is 1. The molecule has 2 saturated heterocycles. The lowest BCUT2D eigenvalue weighted by atomic mass is 9.73. The number of fused-ring (bicyclic) bond motifs is 1. The van der Waals surface area contributed by atoms with Crippen molar-refractivity contribution in [2.75, 3.05) is 45.4 Å². The van der Waals surface area contributed by atoms with E-state index >= 15 is 0 Å². The number of nitrogens with one attached hydrogen (secondary N) is 2. The number of anilines is 1. The van der Waals surface area contributed by atoms with Gasteiger partial charge in [0, 0.05) is 48.8 Å². The summed E-state index contributed by atoms with van der Waals surface area (Å²) in [6, 6.07) is 8.07. The average molecular weight is 548 g/mol. The molecule has 202 valence electrons. The van der Waals surface area contributed by atoms with Crippen molar-refractivity contribution < 1.29 is 26.3 Å². The molecule has 0 bridgehead atoms. The summed E-state index contributed by atoms with van der Waals surface area (Å²) < 4.78 is 70.8. The molecule has 2 N–H and O–H groups in total. The van der Waals surface area contributed by atoms with Crippen molar-refractivity contribution in [3.63, 3.8) is 0 Å². The van der Waals surface area contributed by atoms with Crippen LogP contribution < -0.4 is 15.4 Å². The highest BCUT2D eigenvalue weighted by Crippen LogP contribution is 2.42. The first-order chi connectivity index (χ1) is 17.9. The summed E-state index contributed by atoms with van der Waals surface area (Å²) in [4.78, 5) is 6.87. The van der Waals surface area contributed by atoms with Crippen LogP contribution in [0.1, 0.15) is 29.4 Å². The van der Waals surface area contributed by atoms with E-state index in [1.165, 1.54) is 23.6 Å². The molecule has 5 rings (SSSR count). The number of hydrogen-bond donors (Lipinski definition) is 2. The molecule has 0 radical (unpaired) electrons. The van der Waals surface area contributed by atoms with Crippen molar-refractivity contribution in [2.45, 2.75) is 35.5 Å². The van der Waals surface area contributed by atoms with Crippen molar-refractivity contribution in [1.82, 2.24) is 19.6 Å². The maximum atomic E-state index is 13.5. The zero-order chi connectivity index (χ0) is 27.3. The molecular formula is C26H28F3N5O3S. The Morgan fingerprint density at radius 2 is 2.03 bits per heavy atom. The highest BCUT2D eigenvalue weighted by molar-refractivity contribution is 7.90. The Balaban J connectivity index is 1.40. The van der Waals surface area contributed by atoms with Crippen molar-refractivity contribution in [3.8, 4) is 17.6 Å². The number of rotatable bonds is 6. The van der Waals surface area contributed by atoms with Gasteiger partial charge in [-0.15, -0.1) is 0 Å². The van der Waals surface area contributed by atoms with Crippen LogP contribution in [-0.4, -0.2) is 74.5 Å². The molecule has 2 aliphatic heterocycles. The SMILES string of the molecule is COc1cc(S(C)(=O)=O)ccc1NCC#Cc1nc2c([C@H]3CC4(CN(C)C4)N3)cccn2c1CC(F)(F)F. The van der Waals surface area contributed by atoms with E-state index < -0.39 is 22.4 Å². The third-order valence-electron chi connectivity index (χ3n) is 6.92. The molecule has 2 fully saturated rings. The Hall–Kier alpha value is -3.27. The Bertz CT molecular complexity index is 1540. The van der Waals surface area contributed by atoms with Gasteiger partial charge in [-0.1, -0.05) is 12.0 Å². The van der Waals surface area contributed by atoms with E-state index in [9.17, 15) is 21.6 Å². The Labute approximate surface area is 219 Å². The minimum absolute atomic E-state index is 0.00523. The number of imidazole rings is 1. The summed E-state index contributed by atoms with van der Waals surface area (Å²) in [6.45, 7) is 1.98. The van der Waals surface area contributed by atoms with Crippen molar-refractivity contribution >= 4 is 21.2 Å². The van der Waals surface area contributed by atoms with Gasteiger partial charge in [0.15, 0.2) is 9.84 Å². The molecule has 8 nitrogen and oxygen atoms in total. The lowest BCUT2D eigenvalue weighted by molar-refractivity contribution is -0.128. The summed E-state index contributed by atoms with van der Waals surface area (Å²) in [7, 11) is 0.0640. The fourth-order valence-electron chi connectivity index (χ4n) is 5.32. The summed E-state index contributed by atoms with van der Waals surface area (Å²) in [5.74, 6) is 5.97. The predicted octanol–water partition coefficient (Wildman–Crippen LogP) is 3.03. The first-order valence-corrected chi connectivity index (χ1v) is 13.9. The fourth-order valence-corrected chi connectivity index (χ4v) is 5.95. The highest BCUT2D eigenvalue weighted by atomic mass is 32.2. The van der Waals surface area contributed by atoms with E-state index in [2.05, 4.69) is 39.4 Å². The average Bonchev–Trinajstić information content (AvgIpc) is 3.13. The molecular weight excluding hydrogens is 519 g/mol. The van der Waals surface area contributed by atoms with Gasteiger partial charge in [0.1, 0.15) is 17.1 Å². The van der Waals surface area contributed by atoms with E-state index in [4.69, 9.17) is 4.74 Å². The lowest BCUT2D eigenvalue weighted by Crippen LogP contribution is -2.75. The van der Waals surface area contributed by atoms with Crippen molar-refractivity contribution in [1.29, 1.82) is 0 Å².